The topological polar surface area (TPSA) is 29.1 Å². The van der Waals surface area contributed by atoms with Gasteiger partial charge in [0.15, 0.2) is 0 Å². The molecular formula is C14H26BrNO. The molecule has 0 spiro atoms. The SMILES string of the molecule is CC(C)CCC(=O)NC1(CBr)CCC(C)CC1. The Morgan fingerprint density at radius 1 is 1.41 bits per heavy atom. The Bertz CT molecular complexity index is 245. The Balaban J connectivity index is 2.43. The molecule has 0 aromatic carbocycles. The summed E-state index contributed by atoms with van der Waals surface area (Å²) in [6.45, 7) is 6.63. The van der Waals surface area contributed by atoms with Gasteiger partial charge < -0.3 is 5.32 Å². The predicted octanol–water partition coefficient (Wildman–Crippen LogP) is 3.88. The second kappa shape index (κ2) is 6.77. The number of alkyl halides is 1. The molecule has 3 heteroatoms. The third kappa shape index (κ3) is 4.99. The van der Waals surface area contributed by atoms with E-state index in [1.54, 1.807) is 0 Å². The lowest BCUT2D eigenvalue weighted by Crippen LogP contribution is -2.52. The van der Waals surface area contributed by atoms with E-state index >= 15 is 0 Å². The number of nitrogens with one attached hydrogen (secondary N) is 1. The van der Waals surface area contributed by atoms with Gasteiger partial charge in [-0.1, -0.05) is 36.7 Å². The van der Waals surface area contributed by atoms with E-state index in [1.165, 1.54) is 12.8 Å². The van der Waals surface area contributed by atoms with E-state index in [-0.39, 0.29) is 11.4 Å². The summed E-state index contributed by atoms with van der Waals surface area (Å²) in [5, 5.41) is 4.16. The van der Waals surface area contributed by atoms with Crippen molar-refractivity contribution in [3.05, 3.63) is 0 Å². The van der Waals surface area contributed by atoms with E-state index in [2.05, 4.69) is 42.0 Å². The summed E-state index contributed by atoms with van der Waals surface area (Å²) >= 11 is 3.58. The van der Waals surface area contributed by atoms with E-state index in [9.17, 15) is 4.79 Å². The molecule has 0 heterocycles. The van der Waals surface area contributed by atoms with Crippen LogP contribution in [0.5, 0.6) is 0 Å². The zero-order valence-corrected chi connectivity index (χ0v) is 13.0. The van der Waals surface area contributed by atoms with Gasteiger partial charge in [0.05, 0.1) is 0 Å². The lowest BCUT2D eigenvalue weighted by molar-refractivity contribution is -0.123. The number of hydrogen-bond donors (Lipinski definition) is 1. The molecule has 0 radical (unpaired) electrons. The predicted molar refractivity (Wildman–Crippen MR) is 76.4 cm³/mol. The van der Waals surface area contributed by atoms with Crippen molar-refractivity contribution in [2.24, 2.45) is 11.8 Å². The molecule has 0 aromatic heterocycles. The largest absolute Gasteiger partial charge is 0.350 e. The second-order valence-corrected chi connectivity index (χ2v) is 6.64. The summed E-state index contributed by atoms with van der Waals surface area (Å²) in [6, 6.07) is 0. The molecule has 1 N–H and O–H groups in total. The van der Waals surface area contributed by atoms with Gasteiger partial charge in [0.1, 0.15) is 0 Å². The summed E-state index contributed by atoms with van der Waals surface area (Å²) in [7, 11) is 0. The van der Waals surface area contributed by atoms with Crippen LogP contribution in [-0.2, 0) is 4.79 Å². The van der Waals surface area contributed by atoms with E-state index in [0.717, 1.165) is 30.5 Å². The maximum atomic E-state index is 11.9. The molecule has 0 unspecified atom stereocenters. The van der Waals surface area contributed by atoms with Gasteiger partial charge >= 0.3 is 0 Å². The minimum Gasteiger partial charge on any atom is -0.350 e. The minimum atomic E-state index is 0.0283. The summed E-state index contributed by atoms with van der Waals surface area (Å²) in [6.07, 6.45) is 6.36. The first-order valence-corrected chi connectivity index (χ1v) is 7.96. The van der Waals surface area contributed by atoms with Gasteiger partial charge in [-0.05, 0) is 43.9 Å². The van der Waals surface area contributed by atoms with Gasteiger partial charge in [-0.3, -0.25) is 4.79 Å². The van der Waals surface area contributed by atoms with Crippen LogP contribution in [0, 0.1) is 11.8 Å². The van der Waals surface area contributed by atoms with Crippen LogP contribution in [0.15, 0.2) is 0 Å². The van der Waals surface area contributed by atoms with Crippen LogP contribution < -0.4 is 5.32 Å². The first-order valence-electron chi connectivity index (χ1n) is 6.84. The Morgan fingerprint density at radius 3 is 2.47 bits per heavy atom. The summed E-state index contributed by atoms with van der Waals surface area (Å²) in [5.74, 6) is 1.65. The highest BCUT2D eigenvalue weighted by Gasteiger charge is 2.34. The van der Waals surface area contributed by atoms with Gasteiger partial charge in [0.25, 0.3) is 0 Å². The molecule has 1 aliphatic carbocycles. The van der Waals surface area contributed by atoms with Crippen LogP contribution >= 0.6 is 15.9 Å². The Kier molecular flexibility index (Phi) is 5.98. The van der Waals surface area contributed by atoms with Crippen LogP contribution in [0.3, 0.4) is 0 Å². The van der Waals surface area contributed by atoms with Gasteiger partial charge in [0, 0.05) is 17.3 Å². The minimum absolute atomic E-state index is 0.0283. The molecule has 1 saturated carbocycles. The fourth-order valence-electron chi connectivity index (χ4n) is 2.38. The lowest BCUT2D eigenvalue weighted by Gasteiger charge is -2.39. The fraction of sp³-hybridized carbons (Fsp3) is 0.929. The van der Waals surface area contributed by atoms with Crippen LogP contribution in [0.4, 0.5) is 0 Å². The first kappa shape index (κ1) is 15.0. The maximum Gasteiger partial charge on any atom is 0.220 e. The Morgan fingerprint density at radius 2 is 2.00 bits per heavy atom. The van der Waals surface area contributed by atoms with Crippen molar-refractivity contribution < 1.29 is 4.79 Å². The smallest absolute Gasteiger partial charge is 0.220 e. The van der Waals surface area contributed by atoms with Gasteiger partial charge in [-0.2, -0.15) is 0 Å². The Labute approximate surface area is 114 Å². The van der Waals surface area contributed by atoms with Crippen LogP contribution in [0.25, 0.3) is 0 Å². The average molecular weight is 304 g/mol. The Hall–Kier alpha value is -0.0500. The van der Waals surface area contributed by atoms with Crippen molar-refractivity contribution in [1.29, 1.82) is 0 Å². The fourth-order valence-corrected chi connectivity index (χ4v) is 3.09. The zero-order valence-electron chi connectivity index (χ0n) is 11.4. The van der Waals surface area contributed by atoms with Gasteiger partial charge in [-0.25, -0.2) is 0 Å². The second-order valence-electron chi connectivity index (χ2n) is 6.08. The van der Waals surface area contributed by atoms with Gasteiger partial charge in [-0.15, -0.1) is 0 Å². The monoisotopic (exact) mass is 303 g/mol. The highest BCUT2D eigenvalue weighted by atomic mass is 79.9. The molecule has 2 nitrogen and oxygen atoms in total. The molecule has 1 amide bonds. The highest BCUT2D eigenvalue weighted by Crippen LogP contribution is 2.33. The summed E-state index contributed by atoms with van der Waals surface area (Å²) in [4.78, 5) is 11.9. The zero-order chi connectivity index (χ0) is 12.9. The van der Waals surface area contributed by atoms with Crippen LogP contribution in [0.1, 0.15) is 59.3 Å². The molecular weight excluding hydrogens is 278 g/mol. The quantitative estimate of drug-likeness (QED) is 0.767. The van der Waals surface area contributed by atoms with Crippen molar-refractivity contribution in [3.63, 3.8) is 0 Å². The number of carbonyl (C=O) groups is 1. The molecule has 0 bridgehead atoms. The molecule has 1 rings (SSSR count). The van der Waals surface area contributed by atoms with Gasteiger partial charge in [0.2, 0.25) is 5.91 Å². The molecule has 1 fully saturated rings. The molecule has 1 aliphatic rings. The van der Waals surface area contributed by atoms with E-state index < -0.39 is 0 Å². The van der Waals surface area contributed by atoms with Crippen LogP contribution in [0.2, 0.25) is 0 Å². The number of halogens is 1. The van der Waals surface area contributed by atoms with Crippen molar-refractivity contribution in [1.82, 2.24) is 5.32 Å². The van der Waals surface area contributed by atoms with Crippen molar-refractivity contribution >= 4 is 21.8 Å². The van der Waals surface area contributed by atoms with Crippen LogP contribution in [-0.4, -0.2) is 16.8 Å². The number of amides is 1. The van der Waals surface area contributed by atoms with Crippen molar-refractivity contribution in [3.8, 4) is 0 Å². The third-order valence-electron chi connectivity index (χ3n) is 3.84. The standard InChI is InChI=1S/C14H26BrNO/c1-11(2)4-5-13(17)16-14(10-15)8-6-12(3)7-9-14/h11-12H,4-10H2,1-3H3,(H,16,17). The average Bonchev–Trinajstić information content (AvgIpc) is 2.30. The lowest BCUT2D eigenvalue weighted by atomic mass is 9.78. The first-order chi connectivity index (χ1) is 7.97. The van der Waals surface area contributed by atoms with E-state index in [4.69, 9.17) is 0 Å². The molecule has 0 aromatic rings. The molecule has 0 atom stereocenters. The summed E-state index contributed by atoms with van der Waals surface area (Å²) < 4.78 is 0. The molecule has 0 saturated heterocycles. The number of hydrogen-bond acceptors (Lipinski definition) is 1. The summed E-state index contributed by atoms with van der Waals surface area (Å²) in [5.41, 5.74) is 0.0283. The normalized spacial score (nSPS) is 29.4. The third-order valence-corrected chi connectivity index (χ3v) is 4.91. The maximum absolute atomic E-state index is 11.9. The number of carbonyl (C=O) groups excluding carboxylic acids is 1. The van der Waals surface area contributed by atoms with Crippen molar-refractivity contribution in [2.45, 2.75) is 64.8 Å². The van der Waals surface area contributed by atoms with E-state index in [0.29, 0.717) is 12.3 Å². The molecule has 0 aliphatic heterocycles. The highest BCUT2D eigenvalue weighted by molar-refractivity contribution is 9.09. The molecule has 17 heavy (non-hydrogen) atoms. The number of rotatable bonds is 5. The van der Waals surface area contributed by atoms with Crippen molar-refractivity contribution in [2.75, 3.05) is 5.33 Å². The molecule has 100 valence electrons. The van der Waals surface area contributed by atoms with E-state index in [1.807, 2.05) is 0 Å².